The fourth-order valence-electron chi connectivity index (χ4n) is 2.45. The molecule has 1 heterocycles. The molecule has 0 aromatic rings. The molecule has 0 saturated carbocycles. The van der Waals surface area contributed by atoms with Gasteiger partial charge >= 0.3 is 0 Å². The van der Waals surface area contributed by atoms with E-state index >= 15 is 0 Å². The fourth-order valence-corrected chi connectivity index (χ4v) is 2.45. The van der Waals surface area contributed by atoms with Crippen LogP contribution in [-0.2, 0) is 9.47 Å². The van der Waals surface area contributed by atoms with Gasteiger partial charge in [0.05, 0.1) is 14.2 Å². The van der Waals surface area contributed by atoms with Crippen LogP contribution in [0, 0.1) is 5.92 Å². The second kappa shape index (κ2) is 7.41. The summed E-state index contributed by atoms with van der Waals surface area (Å²) in [7, 11) is 3.11. The SMILES string of the molecule is C=CCC[C@@]1([C@@H](O)C=C)N=C(OC)[C@@H](C(C)C)N=C1OC. The molecule has 1 rings (SSSR count). The average Bonchev–Trinajstić information content (AvgIpc) is 2.50. The second-order valence-electron chi connectivity index (χ2n) is 5.41. The summed E-state index contributed by atoms with van der Waals surface area (Å²) in [5.74, 6) is 1.14. The van der Waals surface area contributed by atoms with Gasteiger partial charge in [0.2, 0.25) is 11.8 Å². The van der Waals surface area contributed by atoms with Crippen molar-refractivity contribution in [1.82, 2.24) is 0 Å². The second-order valence-corrected chi connectivity index (χ2v) is 5.41. The molecule has 0 spiro atoms. The maximum Gasteiger partial charge on any atom is 0.215 e. The summed E-state index contributed by atoms with van der Waals surface area (Å²) in [5.41, 5.74) is -0.999. The minimum absolute atomic E-state index is 0.209. The van der Waals surface area contributed by atoms with Crippen molar-refractivity contribution in [3.05, 3.63) is 25.3 Å². The van der Waals surface area contributed by atoms with Gasteiger partial charge in [-0.1, -0.05) is 26.0 Å². The lowest BCUT2D eigenvalue weighted by molar-refractivity contribution is 0.137. The van der Waals surface area contributed by atoms with E-state index in [2.05, 4.69) is 23.1 Å². The van der Waals surface area contributed by atoms with E-state index in [4.69, 9.17) is 9.47 Å². The molecular formula is C16H26N2O3. The molecule has 0 aromatic carbocycles. The number of aliphatic imine (C=N–C) groups is 2. The Morgan fingerprint density at radius 1 is 1.33 bits per heavy atom. The Morgan fingerprint density at radius 3 is 2.43 bits per heavy atom. The van der Waals surface area contributed by atoms with E-state index < -0.39 is 11.6 Å². The molecule has 0 fully saturated rings. The highest BCUT2D eigenvalue weighted by molar-refractivity contribution is 5.97. The van der Waals surface area contributed by atoms with E-state index in [9.17, 15) is 5.11 Å². The molecular weight excluding hydrogens is 268 g/mol. The Kier molecular flexibility index (Phi) is 6.15. The van der Waals surface area contributed by atoms with Crippen molar-refractivity contribution in [3.8, 4) is 0 Å². The monoisotopic (exact) mass is 294 g/mol. The molecule has 3 atom stereocenters. The minimum atomic E-state index is -0.999. The lowest BCUT2D eigenvalue weighted by atomic mass is 9.85. The van der Waals surface area contributed by atoms with Crippen LogP contribution in [0.4, 0.5) is 0 Å². The van der Waals surface area contributed by atoms with Gasteiger partial charge in [-0.15, -0.1) is 13.2 Å². The van der Waals surface area contributed by atoms with Gasteiger partial charge in [0.25, 0.3) is 0 Å². The summed E-state index contributed by atoms with van der Waals surface area (Å²) >= 11 is 0. The molecule has 118 valence electrons. The lowest BCUT2D eigenvalue weighted by Crippen LogP contribution is -2.53. The quantitative estimate of drug-likeness (QED) is 0.765. The first kappa shape index (κ1) is 17.4. The molecule has 1 aliphatic heterocycles. The van der Waals surface area contributed by atoms with E-state index in [1.807, 2.05) is 13.8 Å². The van der Waals surface area contributed by atoms with Crippen LogP contribution >= 0.6 is 0 Å². The third kappa shape index (κ3) is 3.35. The molecule has 0 unspecified atom stereocenters. The summed E-state index contributed by atoms with van der Waals surface area (Å²) in [6, 6.07) is -0.209. The van der Waals surface area contributed by atoms with Crippen molar-refractivity contribution < 1.29 is 14.6 Å². The van der Waals surface area contributed by atoms with Crippen molar-refractivity contribution in [2.45, 2.75) is 44.4 Å². The highest BCUT2D eigenvalue weighted by Gasteiger charge is 2.47. The Bertz CT molecular complexity index is 443. The normalized spacial score (nSPS) is 26.7. The number of hydrogen-bond acceptors (Lipinski definition) is 5. The van der Waals surface area contributed by atoms with Crippen molar-refractivity contribution in [3.63, 3.8) is 0 Å². The number of methoxy groups -OCH3 is 2. The van der Waals surface area contributed by atoms with Crippen molar-refractivity contribution in [1.29, 1.82) is 0 Å². The molecule has 0 aromatic heterocycles. The maximum atomic E-state index is 10.4. The van der Waals surface area contributed by atoms with Gasteiger partial charge in [0.15, 0.2) is 5.54 Å². The van der Waals surface area contributed by atoms with Gasteiger partial charge in [-0.25, -0.2) is 9.98 Å². The van der Waals surface area contributed by atoms with Crippen LogP contribution in [0.1, 0.15) is 26.7 Å². The number of nitrogens with zero attached hydrogens (tertiary/aromatic N) is 2. The smallest absolute Gasteiger partial charge is 0.215 e. The highest BCUT2D eigenvalue weighted by Crippen LogP contribution is 2.32. The van der Waals surface area contributed by atoms with Gasteiger partial charge < -0.3 is 14.6 Å². The van der Waals surface area contributed by atoms with Gasteiger partial charge in [-0.3, -0.25) is 0 Å². The first-order valence-electron chi connectivity index (χ1n) is 7.14. The van der Waals surface area contributed by atoms with E-state index in [-0.39, 0.29) is 12.0 Å². The summed E-state index contributed by atoms with van der Waals surface area (Å²) in [5, 5.41) is 10.4. The predicted octanol–water partition coefficient (Wildman–Crippen LogP) is 2.37. The lowest BCUT2D eigenvalue weighted by Gasteiger charge is -2.38. The maximum absolute atomic E-state index is 10.4. The number of rotatable bonds is 6. The largest absolute Gasteiger partial charge is 0.483 e. The van der Waals surface area contributed by atoms with Gasteiger partial charge in [0.1, 0.15) is 12.1 Å². The zero-order chi connectivity index (χ0) is 16.0. The number of ether oxygens (including phenoxy) is 2. The summed E-state index contributed by atoms with van der Waals surface area (Å²) in [4.78, 5) is 9.29. The van der Waals surface area contributed by atoms with Crippen LogP contribution in [0.25, 0.3) is 0 Å². The molecule has 5 nitrogen and oxygen atoms in total. The Labute approximate surface area is 127 Å². The van der Waals surface area contributed by atoms with E-state index in [1.165, 1.54) is 6.08 Å². The minimum Gasteiger partial charge on any atom is -0.483 e. The van der Waals surface area contributed by atoms with Crippen LogP contribution in [-0.4, -0.2) is 48.8 Å². The van der Waals surface area contributed by atoms with E-state index in [0.29, 0.717) is 24.6 Å². The highest BCUT2D eigenvalue weighted by atomic mass is 16.5. The van der Waals surface area contributed by atoms with Crippen LogP contribution in [0.5, 0.6) is 0 Å². The zero-order valence-corrected chi connectivity index (χ0v) is 13.4. The molecule has 0 radical (unpaired) electrons. The van der Waals surface area contributed by atoms with E-state index in [0.717, 1.165) is 0 Å². The molecule has 21 heavy (non-hydrogen) atoms. The molecule has 5 heteroatoms. The van der Waals surface area contributed by atoms with Crippen molar-refractivity contribution in [2.24, 2.45) is 15.9 Å². The van der Waals surface area contributed by atoms with E-state index in [1.54, 1.807) is 20.3 Å². The molecule has 0 amide bonds. The molecule has 0 saturated heterocycles. The number of allylic oxidation sites excluding steroid dienone is 1. The summed E-state index contributed by atoms with van der Waals surface area (Å²) in [6.45, 7) is 11.5. The summed E-state index contributed by atoms with van der Waals surface area (Å²) < 4.78 is 10.8. The van der Waals surface area contributed by atoms with Crippen LogP contribution < -0.4 is 0 Å². The topological polar surface area (TPSA) is 63.4 Å². The first-order chi connectivity index (χ1) is 9.96. The number of aliphatic hydroxyl groups is 1. The third-order valence-corrected chi connectivity index (χ3v) is 3.67. The fraction of sp³-hybridized carbons (Fsp3) is 0.625. The molecule has 1 N–H and O–H groups in total. The first-order valence-corrected chi connectivity index (χ1v) is 7.14. The van der Waals surface area contributed by atoms with Crippen LogP contribution in [0.3, 0.4) is 0 Å². The van der Waals surface area contributed by atoms with Gasteiger partial charge in [-0.05, 0) is 18.8 Å². The zero-order valence-electron chi connectivity index (χ0n) is 13.4. The Balaban J connectivity index is 3.37. The number of aliphatic hydroxyl groups excluding tert-OH is 1. The predicted molar refractivity (Wildman–Crippen MR) is 85.9 cm³/mol. The summed E-state index contributed by atoms with van der Waals surface area (Å²) in [6.07, 6.45) is 3.51. The van der Waals surface area contributed by atoms with Crippen LogP contribution in [0.15, 0.2) is 35.3 Å². The van der Waals surface area contributed by atoms with Crippen molar-refractivity contribution in [2.75, 3.05) is 14.2 Å². The average molecular weight is 294 g/mol. The third-order valence-electron chi connectivity index (χ3n) is 3.67. The Morgan fingerprint density at radius 2 is 2.00 bits per heavy atom. The molecule has 0 bridgehead atoms. The van der Waals surface area contributed by atoms with Crippen molar-refractivity contribution >= 4 is 11.8 Å². The number of hydrogen-bond donors (Lipinski definition) is 1. The standard InChI is InChI=1S/C16H26N2O3/c1-7-9-10-16(12(19)8-2)15(21-6)17-13(11(3)4)14(18-16)20-5/h7-8,11-13,19H,1-2,9-10H2,3-6H3/t12-,13+,16-/m0/s1. The van der Waals surface area contributed by atoms with Crippen LogP contribution in [0.2, 0.25) is 0 Å². The Hall–Kier alpha value is -1.62. The van der Waals surface area contributed by atoms with Gasteiger partial charge in [-0.2, -0.15) is 0 Å². The molecule has 1 aliphatic rings. The van der Waals surface area contributed by atoms with Gasteiger partial charge in [0, 0.05) is 0 Å². The molecule has 0 aliphatic carbocycles.